The lowest BCUT2D eigenvalue weighted by Crippen LogP contribution is -2.41. The van der Waals surface area contributed by atoms with E-state index in [1.165, 1.54) is 0 Å². The van der Waals surface area contributed by atoms with Crippen molar-refractivity contribution in [2.45, 2.75) is 40.2 Å². The van der Waals surface area contributed by atoms with E-state index >= 15 is 0 Å². The third-order valence-corrected chi connectivity index (χ3v) is 6.02. The van der Waals surface area contributed by atoms with Crippen molar-refractivity contribution in [3.05, 3.63) is 71.1 Å². The number of nitrogens with zero attached hydrogens (tertiary/aromatic N) is 2. The maximum absolute atomic E-state index is 12.7. The fourth-order valence-electron chi connectivity index (χ4n) is 4.13. The number of likely N-dealkylation sites (tertiary alicyclic amines) is 1. The van der Waals surface area contributed by atoms with E-state index in [0.717, 1.165) is 17.0 Å². The molecule has 0 N–H and O–H groups in total. The number of rotatable bonds is 7. The van der Waals surface area contributed by atoms with Gasteiger partial charge in [0.15, 0.2) is 6.61 Å². The van der Waals surface area contributed by atoms with Gasteiger partial charge in [-0.15, -0.1) is 6.58 Å². The average Bonchev–Trinajstić information content (AvgIpc) is 3.06. The predicted octanol–water partition coefficient (Wildman–Crippen LogP) is 3.88. The van der Waals surface area contributed by atoms with Gasteiger partial charge < -0.3 is 14.2 Å². The summed E-state index contributed by atoms with van der Waals surface area (Å²) in [7, 11) is 0. The Morgan fingerprint density at radius 1 is 1.10 bits per heavy atom. The van der Waals surface area contributed by atoms with Crippen LogP contribution in [-0.4, -0.2) is 46.8 Å². The summed E-state index contributed by atoms with van der Waals surface area (Å²) in [5, 5.41) is 0. The smallest absolute Gasteiger partial charge is 0.309 e. The van der Waals surface area contributed by atoms with E-state index in [1.54, 1.807) is 11.0 Å². The molecule has 1 saturated heterocycles. The Hall–Kier alpha value is -3.15. The minimum Gasteiger partial charge on any atom is -0.457 e. The Bertz CT molecular complexity index is 997. The zero-order valence-electron chi connectivity index (χ0n) is 18.5. The highest BCUT2D eigenvalue weighted by Crippen LogP contribution is 2.22. The Labute approximate surface area is 183 Å². The van der Waals surface area contributed by atoms with Crippen LogP contribution in [0.25, 0.3) is 0 Å². The second kappa shape index (κ2) is 9.77. The number of aryl methyl sites for hydroxylation is 2. The summed E-state index contributed by atoms with van der Waals surface area (Å²) < 4.78 is 7.34. The molecule has 0 saturated carbocycles. The van der Waals surface area contributed by atoms with Crippen LogP contribution >= 0.6 is 0 Å². The minimum atomic E-state index is -0.365. The number of allylic oxidation sites excluding steroid dienone is 1. The van der Waals surface area contributed by atoms with Crippen molar-refractivity contribution < 1.29 is 19.1 Å². The van der Waals surface area contributed by atoms with E-state index in [1.807, 2.05) is 55.7 Å². The van der Waals surface area contributed by atoms with Crippen LogP contribution in [-0.2, 0) is 16.1 Å². The molecular weight excluding hydrogens is 392 g/mol. The topological polar surface area (TPSA) is 68.6 Å². The molecule has 1 amide bonds. The van der Waals surface area contributed by atoms with E-state index in [2.05, 4.69) is 6.58 Å². The van der Waals surface area contributed by atoms with Gasteiger partial charge in [-0.05, 0) is 51.3 Å². The van der Waals surface area contributed by atoms with E-state index < -0.39 is 0 Å². The molecule has 2 heterocycles. The van der Waals surface area contributed by atoms with Crippen LogP contribution in [0.15, 0.2) is 43.0 Å². The molecule has 3 rings (SSSR count). The van der Waals surface area contributed by atoms with Crippen LogP contribution in [0.1, 0.15) is 50.5 Å². The van der Waals surface area contributed by atoms with Crippen molar-refractivity contribution in [2.75, 3.05) is 19.7 Å². The van der Waals surface area contributed by atoms with Crippen molar-refractivity contribution in [3.63, 3.8) is 0 Å². The number of Topliss-reactive ketones (excluding diaryl/α,β-unsaturated/α-hetero) is 1. The third kappa shape index (κ3) is 4.95. The molecule has 6 heteroatoms. The van der Waals surface area contributed by atoms with E-state index in [4.69, 9.17) is 4.74 Å². The molecule has 1 fully saturated rings. The highest BCUT2D eigenvalue weighted by molar-refractivity contribution is 5.99. The second-order valence-electron chi connectivity index (χ2n) is 8.10. The lowest BCUT2D eigenvalue weighted by Gasteiger charge is -2.31. The average molecular weight is 423 g/mol. The van der Waals surface area contributed by atoms with Crippen LogP contribution in [0.5, 0.6) is 0 Å². The number of esters is 1. The standard InChI is InChI=1S/C25H30N2O4/c1-5-12-27-18(3)15-22(19(27)4)23(28)16-31-25(30)20-10-13-26(14-11-20)24(29)21-9-7-6-8-17(21)2/h5-9,15,20H,1,10-14,16H2,2-4H3. The number of aromatic nitrogens is 1. The quantitative estimate of drug-likeness (QED) is 0.386. The molecule has 1 aromatic carbocycles. The Kier molecular flexibility index (Phi) is 7.10. The van der Waals surface area contributed by atoms with Crippen LogP contribution in [0, 0.1) is 26.7 Å². The summed E-state index contributed by atoms with van der Waals surface area (Å²) in [5.41, 5.74) is 4.04. The molecule has 0 aliphatic carbocycles. The number of ether oxygens (including phenoxy) is 1. The van der Waals surface area contributed by atoms with Gasteiger partial charge in [-0.1, -0.05) is 24.3 Å². The molecule has 1 aromatic heterocycles. The van der Waals surface area contributed by atoms with Gasteiger partial charge in [0.05, 0.1) is 5.92 Å². The van der Waals surface area contributed by atoms with Crippen molar-refractivity contribution in [1.29, 1.82) is 0 Å². The van der Waals surface area contributed by atoms with Gasteiger partial charge in [-0.2, -0.15) is 0 Å². The first-order chi connectivity index (χ1) is 14.8. The fourth-order valence-corrected chi connectivity index (χ4v) is 4.13. The normalized spacial score (nSPS) is 14.4. The number of ketones is 1. The maximum atomic E-state index is 12.7. The molecule has 0 atom stereocenters. The van der Waals surface area contributed by atoms with Gasteiger partial charge in [0.25, 0.3) is 5.91 Å². The molecule has 6 nitrogen and oxygen atoms in total. The van der Waals surface area contributed by atoms with Gasteiger partial charge in [0.2, 0.25) is 5.78 Å². The lowest BCUT2D eigenvalue weighted by molar-refractivity contribution is -0.148. The summed E-state index contributed by atoms with van der Waals surface area (Å²) in [6, 6.07) is 9.34. The molecule has 0 radical (unpaired) electrons. The monoisotopic (exact) mass is 422 g/mol. The van der Waals surface area contributed by atoms with Crippen LogP contribution in [0.3, 0.4) is 0 Å². The predicted molar refractivity (Wildman–Crippen MR) is 119 cm³/mol. The molecule has 0 unspecified atom stereocenters. The summed E-state index contributed by atoms with van der Waals surface area (Å²) in [4.78, 5) is 39.6. The van der Waals surface area contributed by atoms with Gasteiger partial charge in [0, 0.05) is 42.1 Å². The number of amides is 1. The van der Waals surface area contributed by atoms with Crippen LogP contribution in [0.2, 0.25) is 0 Å². The summed E-state index contributed by atoms with van der Waals surface area (Å²) in [6.45, 7) is 10.9. The van der Waals surface area contributed by atoms with Crippen molar-refractivity contribution in [3.8, 4) is 0 Å². The fraction of sp³-hybridized carbons (Fsp3) is 0.400. The first-order valence-corrected chi connectivity index (χ1v) is 10.7. The van der Waals surface area contributed by atoms with Crippen molar-refractivity contribution in [2.24, 2.45) is 5.92 Å². The van der Waals surface area contributed by atoms with E-state index in [-0.39, 0.29) is 30.2 Å². The SMILES string of the molecule is C=CCn1c(C)cc(C(=O)COC(=O)C2CCN(C(=O)c3ccccc3C)CC2)c1C. The molecular formula is C25H30N2O4. The number of carbonyl (C=O) groups excluding carboxylic acids is 3. The third-order valence-electron chi connectivity index (χ3n) is 6.02. The summed E-state index contributed by atoms with van der Waals surface area (Å²) >= 11 is 0. The molecule has 2 aromatic rings. The highest BCUT2D eigenvalue weighted by atomic mass is 16.5. The molecule has 31 heavy (non-hydrogen) atoms. The number of benzene rings is 1. The number of piperidine rings is 1. The largest absolute Gasteiger partial charge is 0.457 e. The van der Waals surface area contributed by atoms with Gasteiger partial charge in [0.1, 0.15) is 0 Å². The van der Waals surface area contributed by atoms with Crippen LogP contribution in [0.4, 0.5) is 0 Å². The Morgan fingerprint density at radius 2 is 1.77 bits per heavy atom. The van der Waals surface area contributed by atoms with Gasteiger partial charge >= 0.3 is 5.97 Å². The zero-order chi connectivity index (χ0) is 22.5. The number of hydrogen-bond acceptors (Lipinski definition) is 4. The van der Waals surface area contributed by atoms with Crippen molar-refractivity contribution >= 4 is 17.7 Å². The highest BCUT2D eigenvalue weighted by Gasteiger charge is 2.29. The van der Waals surface area contributed by atoms with Crippen LogP contribution < -0.4 is 0 Å². The van der Waals surface area contributed by atoms with Crippen molar-refractivity contribution in [1.82, 2.24) is 9.47 Å². The molecule has 1 aliphatic rings. The molecule has 0 bridgehead atoms. The number of carbonyl (C=O) groups is 3. The first kappa shape index (κ1) is 22.5. The maximum Gasteiger partial charge on any atom is 0.309 e. The van der Waals surface area contributed by atoms with Gasteiger partial charge in [-0.3, -0.25) is 14.4 Å². The summed E-state index contributed by atoms with van der Waals surface area (Å²) in [5.74, 6) is -0.864. The molecule has 1 aliphatic heterocycles. The minimum absolute atomic E-state index is 0.00465. The summed E-state index contributed by atoms with van der Waals surface area (Å²) in [6.07, 6.45) is 2.86. The Morgan fingerprint density at radius 3 is 2.42 bits per heavy atom. The van der Waals surface area contributed by atoms with E-state index in [9.17, 15) is 14.4 Å². The van der Waals surface area contributed by atoms with Gasteiger partial charge in [-0.25, -0.2) is 0 Å². The van der Waals surface area contributed by atoms with E-state index in [0.29, 0.717) is 43.6 Å². The second-order valence-corrected chi connectivity index (χ2v) is 8.10. The Balaban J connectivity index is 1.52. The number of hydrogen-bond donors (Lipinski definition) is 0. The lowest BCUT2D eigenvalue weighted by atomic mass is 9.96. The first-order valence-electron chi connectivity index (χ1n) is 10.7. The molecule has 164 valence electrons. The molecule has 0 spiro atoms. The zero-order valence-corrected chi connectivity index (χ0v) is 18.5.